The molecule has 4 aliphatic rings. The van der Waals surface area contributed by atoms with Crippen LogP contribution in [0.1, 0.15) is 69.3 Å². The van der Waals surface area contributed by atoms with E-state index in [9.17, 15) is 29.1 Å². The van der Waals surface area contributed by atoms with Crippen LogP contribution in [0, 0.1) is 5.92 Å². The number of hydrogen-bond acceptors (Lipinski definition) is 11. The van der Waals surface area contributed by atoms with Gasteiger partial charge in [0.25, 0.3) is 0 Å². The lowest BCUT2D eigenvalue weighted by Crippen LogP contribution is -2.63. The first-order valence-electron chi connectivity index (χ1n) is 19.3. The Hall–Kier alpha value is -4.96. The topological polar surface area (TPSA) is 186 Å². The Morgan fingerprint density at radius 3 is 2.52 bits per heavy atom. The number of esters is 1. The van der Waals surface area contributed by atoms with E-state index in [1.54, 1.807) is 69.4 Å². The van der Waals surface area contributed by atoms with Gasteiger partial charge in [-0.3, -0.25) is 14.9 Å². The average Bonchev–Trinajstić information content (AvgIpc) is 3.62. The third-order valence-electron chi connectivity index (χ3n) is 11.5. The number of alkyl carbamates (subject to hydrolysis) is 1. The Bertz CT molecular complexity index is 2010. The van der Waals surface area contributed by atoms with Crippen LogP contribution in [-0.2, 0) is 35.0 Å². The number of anilines is 2. The highest BCUT2D eigenvalue weighted by molar-refractivity contribution is 6.35. The van der Waals surface area contributed by atoms with Crippen molar-refractivity contribution in [3.63, 3.8) is 0 Å². The van der Waals surface area contributed by atoms with Gasteiger partial charge in [0.1, 0.15) is 40.7 Å². The third-order valence-corrected chi connectivity index (χ3v) is 11.9. The lowest BCUT2D eigenvalue weighted by atomic mass is 9.83. The molecule has 0 radical (unpaired) electrons. The molecule has 4 amide bonds. The number of fused-ring (bicyclic) bond motifs is 5. The molecule has 2 aromatic carbocycles. The molecule has 0 aliphatic carbocycles. The predicted molar refractivity (Wildman–Crippen MR) is 214 cm³/mol. The molecule has 3 saturated heterocycles. The number of Topliss-reactive ketones (excluding diaryl/α,β-unsaturated/α-hetero) is 1. The zero-order chi connectivity index (χ0) is 42.1. The molecule has 0 aromatic heterocycles. The number of ether oxygens (including phenoxy) is 5. The van der Waals surface area contributed by atoms with Crippen molar-refractivity contribution in [2.24, 2.45) is 5.92 Å². The van der Waals surface area contributed by atoms with Gasteiger partial charge in [0.15, 0.2) is 11.5 Å². The minimum absolute atomic E-state index is 0.0682. The highest BCUT2D eigenvalue weighted by atomic mass is 35.5. The van der Waals surface area contributed by atoms with Gasteiger partial charge in [0, 0.05) is 44.3 Å². The number of nitrogens with zero attached hydrogens (tertiary/aromatic N) is 2. The summed E-state index contributed by atoms with van der Waals surface area (Å²) in [4.78, 5) is 69.3. The molecule has 8 atom stereocenters. The molecule has 4 aliphatic heterocycles. The van der Waals surface area contributed by atoms with Gasteiger partial charge in [0.2, 0.25) is 5.91 Å². The number of methoxy groups -OCH3 is 2. The van der Waals surface area contributed by atoms with E-state index in [1.807, 2.05) is 13.0 Å². The fourth-order valence-corrected chi connectivity index (χ4v) is 8.38. The number of ketones is 1. The predicted octanol–water partition coefficient (Wildman–Crippen LogP) is 5.57. The van der Waals surface area contributed by atoms with E-state index in [4.69, 9.17) is 35.3 Å². The van der Waals surface area contributed by atoms with Gasteiger partial charge in [-0.05, 0) is 82.0 Å². The van der Waals surface area contributed by atoms with Crippen molar-refractivity contribution in [1.82, 2.24) is 10.2 Å². The molecule has 16 heteroatoms. The number of rotatable bonds is 6. The second kappa shape index (κ2) is 17.1. The molecule has 0 unspecified atom stereocenters. The van der Waals surface area contributed by atoms with E-state index in [0.29, 0.717) is 42.0 Å². The van der Waals surface area contributed by atoms with E-state index in [2.05, 4.69) is 10.6 Å². The fourth-order valence-electron chi connectivity index (χ4n) is 8.06. The van der Waals surface area contributed by atoms with Gasteiger partial charge in [-0.1, -0.05) is 42.3 Å². The average molecular weight is 823 g/mol. The molecular formula is C42H51ClN4O11. The van der Waals surface area contributed by atoms with E-state index in [0.717, 1.165) is 11.1 Å². The van der Waals surface area contributed by atoms with Gasteiger partial charge in [-0.25, -0.2) is 14.4 Å². The first kappa shape index (κ1) is 42.6. The number of carbonyl (C=O) groups excluding carboxylic acids is 5. The van der Waals surface area contributed by atoms with Crippen LogP contribution in [0.5, 0.6) is 5.75 Å². The Morgan fingerprint density at radius 1 is 1.12 bits per heavy atom. The number of halogens is 1. The second-order valence-electron chi connectivity index (χ2n) is 15.6. The number of benzene rings is 2. The summed E-state index contributed by atoms with van der Waals surface area (Å²) in [5, 5.41) is 17.3. The summed E-state index contributed by atoms with van der Waals surface area (Å²) < 4.78 is 29.5. The fraction of sp³-hybridized carbons (Fsp3) is 0.500. The summed E-state index contributed by atoms with van der Waals surface area (Å²) in [6, 6.07) is 8.51. The standard InChI is InChI=1S/C42H51ClN4O11/c1-23-10-8-12-33(55-7)42(53)22-32(56-40(52)45-42)24(2)37-41(4,58-37)34(21-35(49)46(5)30-19-26(18-23)20-31(54-6)36(30)43)57-38(50)29-11-9-17-47(29)39(51)44-28-15-13-27(14-16-28)25(3)48/h8,10,12-16,19-20,24,29,32-34,37,53H,9,11,17-18,21-22H2,1-7H3,(H,44,51)(H,45,52)/b12-8+,23-10+/t24-,29+,32+,33-,34+,37+,41+,42+/m1/s1. The maximum absolute atomic E-state index is 14.3. The first-order chi connectivity index (χ1) is 27.5. The molecule has 4 bridgehead atoms. The van der Waals surface area contributed by atoms with Crippen molar-refractivity contribution in [2.45, 2.75) is 102 Å². The Kier molecular flexibility index (Phi) is 12.6. The molecule has 3 N–H and O–H groups in total. The summed E-state index contributed by atoms with van der Waals surface area (Å²) in [5.74, 6) is -1.48. The van der Waals surface area contributed by atoms with Crippen molar-refractivity contribution < 1.29 is 52.8 Å². The van der Waals surface area contributed by atoms with Crippen LogP contribution in [0.2, 0.25) is 5.02 Å². The van der Waals surface area contributed by atoms with Crippen LogP contribution in [0.3, 0.4) is 0 Å². The van der Waals surface area contributed by atoms with E-state index in [1.165, 1.54) is 30.9 Å². The number of allylic oxidation sites excluding steroid dienone is 3. The lowest BCUT2D eigenvalue weighted by molar-refractivity contribution is -0.158. The molecule has 4 heterocycles. The molecular weight excluding hydrogens is 772 g/mol. The molecule has 312 valence electrons. The molecule has 2 aromatic rings. The molecule has 58 heavy (non-hydrogen) atoms. The van der Waals surface area contributed by atoms with Crippen molar-refractivity contribution >= 4 is 52.8 Å². The van der Waals surface area contributed by atoms with Crippen LogP contribution < -0.4 is 20.3 Å². The Balaban J connectivity index is 1.32. The zero-order valence-corrected chi connectivity index (χ0v) is 34.5. The number of hydrogen-bond donors (Lipinski definition) is 3. The van der Waals surface area contributed by atoms with E-state index in [-0.39, 0.29) is 30.2 Å². The van der Waals surface area contributed by atoms with Crippen molar-refractivity contribution in [2.75, 3.05) is 38.0 Å². The number of nitrogens with one attached hydrogen (secondary N) is 2. The second-order valence-corrected chi connectivity index (χ2v) is 16.0. The SMILES string of the molecule is COc1cc2cc(c1Cl)N(C)C(=O)C[C@H](OC(=O)[C@@H]1CCCN1C(=O)Nc1ccc(C(C)=O)cc1)[C@]1(C)O[C@H]1[C@H](C)[C@@H]1C[C@@](O)(NC(=O)O1)[C@H](OC)/C=C/C=C(\C)C2. The molecule has 6 rings (SSSR count). The lowest BCUT2D eigenvalue weighted by Gasteiger charge is -2.42. The van der Waals surface area contributed by atoms with Crippen LogP contribution in [0.4, 0.5) is 21.0 Å². The number of aliphatic hydroxyl groups is 1. The molecule has 15 nitrogen and oxygen atoms in total. The van der Waals surface area contributed by atoms with Gasteiger partial charge < -0.3 is 43.9 Å². The number of urea groups is 1. The molecule has 0 saturated carbocycles. The van der Waals surface area contributed by atoms with Crippen LogP contribution in [0.25, 0.3) is 0 Å². The minimum Gasteiger partial charge on any atom is -0.495 e. The van der Waals surface area contributed by atoms with Gasteiger partial charge in [-0.15, -0.1) is 0 Å². The van der Waals surface area contributed by atoms with E-state index >= 15 is 0 Å². The van der Waals surface area contributed by atoms with Crippen molar-refractivity contribution in [3.05, 3.63) is 76.3 Å². The number of likely N-dealkylation sites (tertiary alicyclic amines) is 1. The number of amides is 4. The summed E-state index contributed by atoms with van der Waals surface area (Å²) in [6.45, 7) is 7.16. The quantitative estimate of drug-likeness (QED) is 0.188. The molecule has 3 fully saturated rings. The summed E-state index contributed by atoms with van der Waals surface area (Å²) in [6.07, 6.45) is 1.60. The van der Waals surface area contributed by atoms with Gasteiger partial charge >= 0.3 is 18.1 Å². The van der Waals surface area contributed by atoms with Gasteiger partial charge in [-0.2, -0.15) is 0 Å². The van der Waals surface area contributed by atoms with E-state index < -0.39 is 71.7 Å². The number of carbonyl (C=O) groups is 5. The van der Waals surface area contributed by atoms with Crippen molar-refractivity contribution in [3.8, 4) is 5.75 Å². The highest BCUT2D eigenvalue weighted by Gasteiger charge is 2.64. The zero-order valence-electron chi connectivity index (χ0n) is 33.7. The third kappa shape index (κ3) is 8.87. The largest absolute Gasteiger partial charge is 0.495 e. The number of epoxide rings is 1. The van der Waals surface area contributed by atoms with Crippen LogP contribution in [0.15, 0.2) is 60.2 Å². The maximum atomic E-state index is 14.3. The van der Waals surface area contributed by atoms with Crippen molar-refractivity contribution in [1.29, 1.82) is 0 Å². The summed E-state index contributed by atoms with van der Waals surface area (Å²) in [5.41, 5.74) is -0.0723. The normalized spacial score (nSPS) is 31.5. The summed E-state index contributed by atoms with van der Waals surface area (Å²) in [7, 11) is 4.48. The van der Waals surface area contributed by atoms with Crippen LogP contribution in [-0.4, -0.2) is 109 Å². The van der Waals surface area contributed by atoms with Crippen LogP contribution >= 0.6 is 11.6 Å². The monoisotopic (exact) mass is 822 g/mol. The molecule has 0 spiro atoms. The first-order valence-corrected chi connectivity index (χ1v) is 19.6. The van der Waals surface area contributed by atoms with Gasteiger partial charge in [0.05, 0.1) is 25.3 Å². The smallest absolute Gasteiger partial charge is 0.409 e. The maximum Gasteiger partial charge on any atom is 0.409 e. The highest BCUT2D eigenvalue weighted by Crippen LogP contribution is 2.49. The summed E-state index contributed by atoms with van der Waals surface area (Å²) >= 11 is 6.79. The Morgan fingerprint density at radius 2 is 1.84 bits per heavy atom. The minimum atomic E-state index is -1.85. The Labute approximate surface area is 342 Å².